The average molecular weight is 276 g/mol. The Morgan fingerprint density at radius 1 is 1.06 bits per heavy atom. The van der Waals surface area contributed by atoms with Crippen molar-refractivity contribution in [3.8, 4) is 5.75 Å². The van der Waals surface area contributed by atoms with Crippen LogP contribution in [0.25, 0.3) is 0 Å². The van der Waals surface area contributed by atoms with Crippen molar-refractivity contribution in [1.82, 2.24) is 0 Å². The van der Waals surface area contributed by atoms with Crippen LogP contribution in [0.15, 0.2) is 23.1 Å². The maximum absolute atomic E-state index is 12.3. The van der Waals surface area contributed by atoms with Crippen molar-refractivity contribution in [2.24, 2.45) is 0 Å². The molecule has 0 aliphatic heterocycles. The molecule has 0 heterocycles. The zero-order valence-corrected chi connectivity index (χ0v) is 9.13. The molecule has 0 amide bonds. The van der Waals surface area contributed by atoms with Gasteiger partial charge < -0.3 is 4.74 Å². The molecule has 0 aliphatic rings. The molecule has 0 radical (unpaired) electrons. The summed E-state index contributed by atoms with van der Waals surface area (Å²) < 4.78 is 76.3. The first-order valence-electron chi connectivity index (χ1n) is 4.14. The van der Waals surface area contributed by atoms with Gasteiger partial charge in [-0.1, -0.05) is 0 Å². The summed E-state index contributed by atoms with van der Waals surface area (Å²) in [6.45, 7) is 0. The molecule has 1 aromatic carbocycles. The Hall–Kier alpha value is -1.05. The van der Waals surface area contributed by atoms with E-state index in [4.69, 9.17) is 0 Å². The van der Waals surface area contributed by atoms with E-state index in [2.05, 4.69) is 4.74 Å². The zero-order chi connectivity index (χ0) is 13.3. The first-order chi connectivity index (χ1) is 7.63. The molecule has 1 aromatic rings. The summed E-state index contributed by atoms with van der Waals surface area (Å²) in [5, 5.41) is 0. The minimum atomic E-state index is -4.93. The van der Waals surface area contributed by atoms with Gasteiger partial charge in [-0.25, -0.2) is 0 Å². The molecule has 1 nitrogen and oxygen atoms in total. The lowest BCUT2D eigenvalue weighted by atomic mass is 10.2. The van der Waals surface area contributed by atoms with E-state index in [-0.39, 0.29) is 4.90 Å². The fraction of sp³-hybridized carbons (Fsp3) is 0.333. The second-order valence-corrected chi connectivity index (χ2v) is 3.76. The van der Waals surface area contributed by atoms with Gasteiger partial charge in [0.05, 0.1) is 10.5 Å². The molecule has 8 heteroatoms. The van der Waals surface area contributed by atoms with Crippen molar-refractivity contribution in [3.63, 3.8) is 0 Å². The molecular weight excluding hydrogens is 270 g/mol. The summed E-state index contributed by atoms with van der Waals surface area (Å²) in [5.74, 6) is -0.641. The van der Waals surface area contributed by atoms with Crippen molar-refractivity contribution in [1.29, 1.82) is 0 Å². The second kappa shape index (κ2) is 4.67. The van der Waals surface area contributed by atoms with Crippen molar-refractivity contribution in [2.75, 3.05) is 6.26 Å². The van der Waals surface area contributed by atoms with Crippen LogP contribution >= 0.6 is 11.8 Å². The molecule has 0 spiro atoms. The van der Waals surface area contributed by atoms with E-state index in [0.717, 1.165) is 11.8 Å². The highest BCUT2D eigenvalue weighted by Gasteiger charge is 2.34. The molecule has 0 aromatic heterocycles. The molecular formula is C9H6F6OS. The third kappa shape index (κ3) is 4.03. The summed E-state index contributed by atoms with van der Waals surface area (Å²) in [6, 6.07) is 1.81. The fourth-order valence-corrected chi connectivity index (χ4v) is 1.61. The van der Waals surface area contributed by atoms with Crippen LogP contribution < -0.4 is 4.74 Å². The van der Waals surface area contributed by atoms with Gasteiger partial charge in [0.2, 0.25) is 0 Å². The molecule has 1 rings (SSSR count). The summed E-state index contributed by atoms with van der Waals surface area (Å²) in [5.41, 5.74) is -1.02. The highest BCUT2D eigenvalue weighted by Crippen LogP contribution is 2.37. The minimum absolute atomic E-state index is 0.225. The van der Waals surface area contributed by atoms with E-state index in [0.29, 0.717) is 18.2 Å². The Labute approximate surface area is 96.8 Å². The maximum atomic E-state index is 12.3. The van der Waals surface area contributed by atoms with Gasteiger partial charge >= 0.3 is 12.5 Å². The molecule has 96 valence electrons. The van der Waals surface area contributed by atoms with Gasteiger partial charge in [0.15, 0.2) is 0 Å². The fourth-order valence-electron chi connectivity index (χ4n) is 1.05. The molecule has 0 atom stereocenters. The third-order valence-electron chi connectivity index (χ3n) is 1.72. The Bertz CT molecular complexity index is 397. The smallest absolute Gasteiger partial charge is 0.405 e. The number of ether oxygens (including phenoxy) is 1. The molecule has 17 heavy (non-hydrogen) atoms. The first-order valence-corrected chi connectivity index (χ1v) is 5.37. The normalized spacial score (nSPS) is 12.6. The SMILES string of the molecule is CSc1cc(C(F)(F)F)ccc1OC(F)(F)F. The van der Waals surface area contributed by atoms with Crippen LogP contribution in [-0.4, -0.2) is 12.6 Å². The van der Waals surface area contributed by atoms with Gasteiger partial charge in [-0.15, -0.1) is 24.9 Å². The first kappa shape index (κ1) is 14.0. The summed E-state index contributed by atoms with van der Waals surface area (Å²) in [6.07, 6.45) is -8.16. The molecule has 0 aliphatic carbocycles. The predicted octanol–water partition coefficient (Wildman–Crippen LogP) is 4.33. The van der Waals surface area contributed by atoms with Crippen LogP contribution in [-0.2, 0) is 6.18 Å². The largest absolute Gasteiger partial charge is 0.573 e. The minimum Gasteiger partial charge on any atom is -0.405 e. The molecule has 0 saturated carbocycles. The van der Waals surface area contributed by atoms with Crippen LogP contribution in [0.3, 0.4) is 0 Å². The summed E-state index contributed by atoms with van der Waals surface area (Å²) in [7, 11) is 0. The zero-order valence-electron chi connectivity index (χ0n) is 8.32. The third-order valence-corrected chi connectivity index (χ3v) is 2.48. The van der Waals surface area contributed by atoms with Gasteiger partial charge in [-0.05, 0) is 24.5 Å². The van der Waals surface area contributed by atoms with E-state index in [1.807, 2.05) is 0 Å². The molecule has 0 bridgehead atoms. The van der Waals surface area contributed by atoms with Gasteiger partial charge in [0, 0.05) is 0 Å². The van der Waals surface area contributed by atoms with Gasteiger partial charge in [0.25, 0.3) is 0 Å². The van der Waals surface area contributed by atoms with Gasteiger partial charge in [0.1, 0.15) is 5.75 Å². The van der Waals surface area contributed by atoms with Crippen LogP contribution in [0.5, 0.6) is 5.75 Å². The standard InChI is InChI=1S/C9H6F6OS/c1-17-7-4-5(8(10,11)12)2-3-6(7)16-9(13,14)15/h2-4H,1H3. The van der Waals surface area contributed by atoms with Crippen molar-refractivity contribution in [3.05, 3.63) is 23.8 Å². The van der Waals surface area contributed by atoms with E-state index >= 15 is 0 Å². The number of thioether (sulfide) groups is 1. The van der Waals surface area contributed by atoms with E-state index in [9.17, 15) is 26.3 Å². The number of benzene rings is 1. The average Bonchev–Trinajstić information content (AvgIpc) is 2.14. The predicted molar refractivity (Wildman–Crippen MR) is 49.9 cm³/mol. The molecule has 0 saturated heterocycles. The lowest BCUT2D eigenvalue weighted by Crippen LogP contribution is -2.18. The number of hydrogen-bond acceptors (Lipinski definition) is 2. The Morgan fingerprint density at radius 3 is 2.06 bits per heavy atom. The van der Waals surface area contributed by atoms with Crippen LogP contribution in [0.2, 0.25) is 0 Å². The molecule has 0 fully saturated rings. The number of rotatable bonds is 2. The van der Waals surface area contributed by atoms with Crippen LogP contribution in [0, 0.1) is 0 Å². The maximum Gasteiger partial charge on any atom is 0.573 e. The Balaban J connectivity index is 3.10. The second-order valence-electron chi connectivity index (χ2n) is 2.91. The van der Waals surface area contributed by atoms with Gasteiger partial charge in [-0.2, -0.15) is 13.2 Å². The molecule has 0 N–H and O–H groups in total. The Morgan fingerprint density at radius 2 is 1.65 bits per heavy atom. The molecule has 0 unspecified atom stereocenters. The van der Waals surface area contributed by atoms with Crippen molar-refractivity contribution >= 4 is 11.8 Å². The number of halogens is 6. The van der Waals surface area contributed by atoms with E-state index < -0.39 is 23.9 Å². The van der Waals surface area contributed by atoms with Crippen LogP contribution in [0.4, 0.5) is 26.3 Å². The highest BCUT2D eigenvalue weighted by atomic mass is 32.2. The van der Waals surface area contributed by atoms with E-state index in [1.165, 1.54) is 6.26 Å². The number of alkyl halides is 6. The van der Waals surface area contributed by atoms with E-state index in [1.54, 1.807) is 0 Å². The summed E-state index contributed by atoms with van der Waals surface area (Å²) in [4.78, 5) is -0.225. The highest BCUT2D eigenvalue weighted by molar-refractivity contribution is 7.98. The summed E-state index contributed by atoms with van der Waals surface area (Å²) >= 11 is 0.741. The van der Waals surface area contributed by atoms with Crippen LogP contribution in [0.1, 0.15) is 5.56 Å². The topological polar surface area (TPSA) is 9.23 Å². The number of hydrogen-bond donors (Lipinski definition) is 0. The monoisotopic (exact) mass is 276 g/mol. The quantitative estimate of drug-likeness (QED) is 0.587. The van der Waals surface area contributed by atoms with Crippen molar-refractivity contribution in [2.45, 2.75) is 17.4 Å². The lowest BCUT2D eigenvalue weighted by molar-refractivity contribution is -0.275. The Kier molecular flexibility index (Phi) is 3.85. The van der Waals surface area contributed by atoms with Crippen molar-refractivity contribution < 1.29 is 31.1 Å². The van der Waals surface area contributed by atoms with Gasteiger partial charge in [-0.3, -0.25) is 0 Å². The lowest BCUT2D eigenvalue weighted by Gasteiger charge is -2.14.